The van der Waals surface area contributed by atoms with Crippen molar-refractivity contribution in [1.82, 2.24) is 15.2 Å². The summed E-state index contributed by atoms with van der Waals surface area (Å²) in [7, 11) is 1.92. The third-order valence-corrected chi connectivity index (χ3v) is 3.86. The fourth-order valence-corrected chi connectivity index (χ4v) is 2.52. The SMILES string of the molecule is Cc1c(C(NN)c2ccc3c(c2)OCCCO3)cnn1C. The van der Waals surface area contributed by atoms with Gasteiger partial charge in [-0.05, 0) is 24.6 Å². The lowest BCUT2D eigenvalue weighted by atomic mass is 9.99. The monoisotopic (exact) mass is 288 g/mol. The molecule has 6 heteroatoms. The lowest BCUT2D eigenvalue weighted by molar-refractivity contribution is 0.297. The number of aromatic nitrogens is 2. The van der Waals surface area contributed by atoms with Gasteiger partial charge < -0.3 is 9.47 Å². The van der Waals surface area contributed by atoms with Crippen molar-refractivity contribution in [2.24, 2.45) is 12.9 Å². The van der Waals surface area contributed by atoms with E-state index < -0.39 is 0 Å². The minimum Gasteiger partial charge on any atom is -0.490 e. The van der Waals surface area contributed by atoms with E-state index in [1.807, 2.05) is 43.0 Å². The number of hydrogen-bond donors (Lipinski definition) is 2. The van der Waals surface area contributed by atoms with Crippen molar-refractivity contribution in [1.29, 1.82) is 0 Å². The number of benzene rings is 1. The average Bonchev–Trinajstić information content (AvgIpc) is 2.71. The smallest absolute Gasteiger partial charge is 0.161 e. The molecule has 6 nitrogen and oxygen atoms in total. The largest absolute Gasteiger partial charge is 0.490 e. The first-order chi connectivity index (χ1) is 10.2. The van der Waals surface area contributed by atoms with Crippen LogP contribution in [0.15, 0.2) is 24.4 Å². The molecule has 1 aliphatic heterocycles. The number of aryl methyl sites for hydroxylation is 1. The first-order valence-electron chi connectivity index (χ1n) is 7.05. The maximum Gasteiger partial charge on any atom is 0.161 e. The van der Waals surface area contributed by atoms with Crippen LogP contribution in [0.3, 0.4) is 0 Å². The zero-order valence-electron chi connectivity index (χ0n) is 12.3. The van der Waals surface area contributed by atoms with Crippen LogP contribution in [0.5, 0.6) is 11.5 Å². The van der Waals surface area contributed by atoms with Crippen LogP contribution in [0.2, 0.25) is 0 Å². The second kappa shape index (κ2) is 5.75. The molecule has 0 bridgehead atoms. The van der Waals surface area contributed by atoms with Gasteiger partial charge in [0, 0.05) is 24.7 Å². The van der Waals surface area contributed by atoms with Crippen molar-refractivity contribution >= 4 is 0 Å². The second-order valence-corrected chi connectivity index (χ2v) is 5.17. The summed E-state index contributed by atoms with van der Waals surface area (Å²) < 4.78 is 13.2. The van der Waals surface area contributed by atoms with Gasteiger partial charge >= 0.3 is 0 Å². The van der Waals surface area contributed by atoms with Gasteiger partial charge in [-0.3, -0.25) is 10.5 Å². The van der Waals surface area contributed by atoms with Crippen LogP contribution < -0.4 is 20.7 Å². The Kier molecular flexibility index (Phi) is 3.81. The fraction of sp³-hybridized carbons (Fsp3) is 0.400. The highest BCUT2D eigenvalue weighted by atomic mass is 16.5. The molecule has 3 N–H and O–H groups in total. The summed E-state index contributed by atoms with van der Waals surface area (Å²) in [6.45, 7) is 3.38. The minimum absolute atomic E-state index is 0.129. The highest BCUT2D eigenvalue weighted by Gasteiger charge is 2.20. The highest BCUT2D eigenvalue weighted by Crippen LogP contribution is 2.34. The van der Waals surface area contributed by atoms with Gasteiger partial charge in [-0.25, -0.2) is 5.43 Å². The molecule has 1 aromatic carbocycles. The zero-order chi connectivity index (χ0) is 14.8. The molecule has 1 aliphatic rings. The van der Waals surface area contributed by atoms with Crippen LogP contribution in [0.4, 0.5) is 0 Å². The third-order valence-electron chi connectivity index (χ3n) is 3.86. The molecule has 1 unspecified atom stereocenters. The van der Waals surface area contributed by atoms with E-state index in [1.165, 1.54) is 0 Å². The van der Waals surface area contributed by atoms with Crippen LogP contribution in [-0.4, -0.2) is 23.0 Å². The molecule has 2 heterocycles. The molecule has 0 amide bonds. The molecule has 3 rings (SSSR count). The van der Waals surface area contributed by atoms with Gasteiger partial charge in [0.2, 0.25) is 0 Å². The summed E-state index contributed by atoms with van der Waals surface area (Å²) in [6.07, 6.45) is 2.73. The molecule has 2 aromatic rings. The van der Waals surface area contributed by atoms with E-state index in [4.69, 9.17) is 15.3 Å². The van der Waals surface area contributed by atoms with Crippen LogP contribution in [0.25, 0.3) is 0 Å². The second-order valence-electron chi connectivity index (χ2n) is 5.17. The van der Waals surface area contributed by atoms with Crippen LogP contribution in [0, 0.1) is 6.92 Å². The molecule has 0 saturated heterocycles. The Morgan fingerprint density at radius 1 is 1.29 bits per heavy atom. The molecule has 0 saturated carbocycles. The number of hydrazine groups is 1. The lowest BCUT2D eigenvalue weighted by Crippen LogP contribution is -2.29. The summed E-state index contributed by atoms with van der Waals surface area (Å²) in [5.41, 5.74) is 6.01. The topological polar surface area (TPSA) is 74.3 Å². The number of rotatable bonds is 3. The Morgan fingerprint density at radius 3 is 2.71 bits per heavy atom. The van der Waals surface area contributed by atoms with E-state index in [0.717, 1.165) is 34.7 Å². The molecule has 112 valence electrons. The Hall–Kier alpha value is -2.05. The van der Waals surface area contributed by atoms with Crippen molar-refractivity contribution in [3.8, 4) is 11.5 Å². The predicted molar refractivity (Wildman–Crippen MR) is 79.2 cm³/mol. The van der Waals surface area contributed by atoms with Gasteiger partial charge in [0.25, 0.3) is 0 Å². The number of nitrogens with zero attached hydrogens (tertiary/aromatic N) is 2. The number of hydrogen-bond acceptors (Lipinski definition) is 5. The van der Waals surface area contributed by atoms with E-state index in [2.05, 4.69) is 10.5 Å². The quantitative estimate of drug-likeness (QED) is 0.660. The van der Waals surface area contributed by atoms with Gasteiger partial charge in [0.15, 0.2) is 11.5 Å². The van der Waals surface area contributed by atoms with Crippen molar-refractivity contribution < 1.29 is 9.47 Å². The first kappa shape index (κ1) is 13.9. The summed E-state index contributed by atoms with van der Waals surface area (Å²) in [5.74, 6) is 7.32. The molecule has 0 aliphatic carbocycles. The van der Waals surface area contributed by atoms with Crippen LogP contribution in [-0.2, 0) is 7.05 Å². The summed E-state index contributed by atoms with van der Waals surface area (Å²) >= 11 is 0. The maximum absolute atomic E-state index is 5.76. The molecule has 1 atom stereocenters. The van der Waals surface area contributed by atoms with Gasteiger partial charge in [0.1, 0.15) is 0 Å². The first-order valence-corrected chi connectivity index (χ1v) is 7.05. The lowest BCUT2D eigenvalue weighted by Gasteiger charge is -2.18. The van der Waals surface area contributed by atoms with E-state index in [1.54, 1.807) is 0 Å². The third kappa shape index (κ3) is 2.59. The van der Waals surface area contributed by atoms with Crippen molar-refractivity contribution in [3.05, 3.63) is 41.2 Å². The predicted octanol–water partition coefficient (Wildman–Crippen LogP) is 1.44. The van der Waals surface area contributed by atoms with E-state index in [-0.39, 0.29) is 6.04 Å². The summed E-state index contributed by atoms with van der Waals surface area (Å²) in [6, 6.07) is 5.80. The number of nitrogens with two attached hydrogens (primary N) is 1. The molecule has 0 spiro atoms. The average molecular weight is 288 g/mol. The number of ether oxygens (including phenoxy) is 2. The molecule has 0 fully saturated rings. The van der Waals surface area contributed by atoms with Crippen LogP contribution >= 0.6 is 0 Å². The van der Waals surface area contributed by atoms with E-state index in [9.17, 15) is 0 Å². The Morgan fingerprint density at radius 2 is 2.05 bits per heavy atom. The molecule has 21 heavy (non-hydrogen) atoms. The Bertz CT molecular complexity index is 639. The summed E-state index contributed by atoms with van der Waals surface area (Å²) in [5, 5.41) is 4.28. The van der Waals surface area contributed by atoms with E-state index in [0.29, 0.717) is 13.2 Å². The van der Waals surface area contributed by atoms with Crippen LogP contribution in [0.1, 0.15) is 29.3 Å². The van der Waals surface area contributed by atoms with Crippen molar-refractivity contribution in [2.75, 3.05) is 13.2 Å². The number of nitrogens with one attached hydrogen (secondary N) is 1. The molecule has 1 aromatic heterocycles. The molecular formula is C15H20N4O2. The van der Waals surface area contributed by atoms with E-state index >= 15 is 0 Å². The van der Waals surface area contributed by atoms with Gasteiger partial charge in [-0.2, -0.15) is 5.10 Å². The normalized spacial score (nSPS) is 15.6. The molecule has 0 radical (unpaired) electrons. The summed E-state index contributed by atoms with van der Waals surface area (Å²) in [4.78, 5) is 0. The minimum atomic E-state index is -0.129. The zero-order valence-corrected chi connectivity index (χ0v) is 12.3. The Labute approximate surface area is 123 Å². The maximum atomic E-state index is 5.76. The van der Waals surface area contributed by atoms with Gasteiger partial charge in [-0.15, -0.1) is 0 Å². The number of fused-ring (bicyclic) bond motifs is 1. The van der Waals surface area contributed by atoms with Crippen molar-refractivity contribution in [2.45, 2.75) is 19.4 Å². The standard InChI is InChI=1S/C15H20N4O2/c1-10-12(9-17-19(10)2)15(18-16)11-4-5-13-14(8-11)21-7-3-6-20-13/h4-5,8-9,15,18H,3,6-7,16H2,1-2H3. The van der Waals surface area contributed by atoms with Gasteiger partial charge in [-0.1, -0.05) is 6.07 Å². The fourth-order valence-electron chi connectivity index (χ4n) is 2.52. The van der Waals surface area contributed by atoms with Gasteiger partial charge in [0.05, 0.1) is 25.5 Å². The highest BCUT2D eigenvalue weighted by molar-refractivity contribution is 5.46. The Balaban J connectivity index is 1.98. The van der Waals surface area contributed by atoms with Crippen molar-refractivity contribution in [3.63, 3.8) is 0 Å². The molecular weight excluding hydrogens is 268 g/mol.